The van der Waals surface area contributed by atoms with Crippen LogP contribution in [0.5, 0.6) is 11.5 Å². The van der Waals surface area contributed by atoms with Gasteiger partial charge < -0.3 is 19.9 Å². The summed E-state index contributed by atoms with van der Waals surface area (Å²) in [6, 6.07) is 5.96. The Morgan fingerprint density at radius 2 is 1.89 bits per heavy atom. The van der Waals surface area contributed by atoms with E-state index in [2.05, 4.69) is 5.32 Å². The van der Waals surface area contributed by atoms with E-state index in [4.69, 9.17) is 9.47 Å². The van der Waals surface area contributed by atoms with Crippen LogP contribution in [0.15, 0.2) is 18.2 Å². The molecule has 19 heavy (non-hydrogen) atoms. The molecule has 0 amide bonds. The van der Waals surface area contributed by atoms with Gasteiger partial charge in [0.05, 0.1) is 19.8 Å². The molecule has 3 rings (SSSR count). The Kier molecular flexibility index (Phi) is 3.51. The van der Waals surface area contributed by atoms with Crippen LogP contribution in [0.2, 0.25) is 0 Å². The highest BCUT2D eigenvalue weighted by molar-refractivity contribution is 5.55. The van der Waals surface area contributed by atoms with Gasteiger partial charge in [0.25, 0.3) is 0 Å². The summed E-state index contributed by atoms with van der Waals surface area (Å²) in [5, 5.41) is 12.9. The number of benzene rings is 1. The highest BCUT2D eigenvalue weighted by Crippen LogP contribution is 2.41. The third-order valence-corrected chi connectivity index (χ3v) is 4.16. The van der Waals surface area contributed by atoms with Gasteiger partial charge in [-0.2, -0.15) is 0 Å². The average molecular weight is 263 g/mol. The van der Waals surface area contributed by atoms with E-state index in [9.17, 15) is 5.11 Å². The summed E-state index contributed by atoms with van der Waals surface area (Å²) in [4.78, 5) is 0. The van der Waals surface area contributed by atoms with Gasteiger partial charge in [-0.3, -0.25) is 0 Å². The van der Waals surface area contributed by atoms with E-state index in [1.807, 2.05) is 18.2 Å². The lowest BCUT2D eigenvalue weighted by molar-refractivity contribution is 0.0576. The van der Waals surface area contributed by atoms with E-state index in [0.717, 1.165) is 43.0 Å². The number of anilines is 1. The van der Waals surface area contributed by atoms with Gasteiger partial charge in [-0.05, 0) is 25.0 Å². The lowest BCUT2D eigenvalue weighted by atomic mass is 9.69. The van der Waals surface area contributed by atoms with Crippen LogP contribution in [0.4, 0.5) is 5.69 Å². The van der Waals surface area contributed by atoms with Crippen LogP contribution in [-0.2, 0) is 0 Å². The molecule has 1 fully saturated rings. The van der Waals surface area contributed by atoms with Crippen LogP contribution >= 0.6 is 0 Å². The second kappa shape index (κ2) is 5.29. The van der Waals surface area contributed by atoms with E-state index < -0.39 is 0 Å². The standard InChI is InChI=1S/C15H21NO3/c17-11-15(5-1-6-15)10-16-12-3-4-13-14(9-12)19-8-2-7-18-13/h3-4,9,16-17H,1-2,5-8,10-11H2. The van der Waals surface area contributed by atoms with Gasteiger partial charge in [0.15, 0.2) is 11.5 Å². The van der Waals surface area contributed by atoms with Crippen LogP contribution < -0.4 is 14.8 Å². The van der Waals surface area contributed by atoms with E-state index in [0.29, 0.717) is 13.2 Å². The van der Waals surface area contributed by atoms with Crippen molar-refractivity contribution in [2.75, 3.05) is 31.7 Å². The summed E-state index contributed by atoms with van der Waals surface area (Å²) in [5.41, 5.74) is 1.12. The van der Waals surface area contributed by atoms with Gasteiger partial charge in [0.1, 0.15) is 0 Å². The number of ether oxygens (including phenoxy) is 2. The molecule has 0 aromatic heterocycles. The summed E-state index contributed by atoms with van der Waals surface area (Å²) in [7, 11) is 0. The Labute approximate surface area is 113 Å². The highest BCUT2D eigenvalue weighted by Gasteiger charge is 2.35. The van der Waals surface area contributed by atoms with E-state index in [1.54, 1.807) is 0 Å². The van der Waals surface area contributed by atoms with Gasteiger partial charge in [-0.15, -0.1) is 0 Å². The molecule has 4 heteroatoms. The fourth-order valence-corrected chi connectivity index (χ4v) is 2.63. The Hall–Kier alpha value is -1.42. The van der Waals surface area contributed by atoms with Gasteiger partial charge in [-0.25, -0.2) is 0 Å². The molecule has 0 unspecified atom stereocenters. The van der Waals surface area contributed by atoms with Gasteiger partial charge in [0, 0.05) is 30.1 Å². The molecule has 0 spiro atoms. The van der Waals surface area contributed by atoms with Crippen molar-refractivity contribution in [3.8, 4) is 11.5 Å². The zero-order valence-electron chi connectivity index (χ0n) is 11.2. The zero-order valence-corrected chi connectivity index (χ0v) is 11.2. The molecule has 1 aliphatic carbocycles. The number of nitrogens with one attached hydrogen (secondary N) is 1. The summed E-state index contributed by atoms with van der Waals surface area (Å²) < 4.78 is 11.3. The topological polar surface area (TPSA) is 50.7 Å². The minimum absolute atomic E-state index is 0.0874. The summed E-state index contributed by atoms with van der Waals surface area (Å²) in [5.74, 6) is 1.64. The first-order valence-corrected chi connectivity index (χ1v) is 7.06. The second-order valence-corrected chi connectivity index (χ2v) is 5.58. The predicted octanol–water partition coefficient (Wildman–Crippen LogP) is 2.42. The van der Waals surface area contributed by atoms with Gasteiger partial charge >= 0.3 is 0 Å². The van der Waals surface area contributed by atoms with Crippen LogP contribution in [0.25, 0.3) is 0 Å². The second-order valence-electron chi connectivity index (χ2n) is 5.58. The van der Waals surface area contributed by atoms with Crippen molar-refractivity contribution in [3.63, 3.8) is 0 Å². The maximum Gasteiger partial charge on any atom is 0.163 e. The number of rotatable bonds is 4. The lowest BCUT2D eigenvalue weighted by Gasteiger charge is -2.40. The molecular weight excluding hydrogens is 242 g/mol. The van der Waals surface area contributed by atoms with Crippen LogP contribution in [0.1, 0.15) is 25.7 Å². The molecule has 1 aromatic carbocycles. The number of aliphatic hydroxyl groups is 1. The molecule has 0 saturated heterocycles. The first-order valence-electron chi connectivity index (χ1n) is 7.06. The van der Waals surface area contributed by atoms with Crippen molar-refractivity contribution in [2.45, 2.75) is 25.7 Å². The first kappa shape index (κ1) is 12.6. The maximum atomic E-state index is 9.46. The molecular formula is C15H21NO3. The molecule has 0 radical (unpaired) electrons. The summed E-state index contributed by atoms with van der Waals surface area (Å²) >= 11 is 0. The molecule has 0 atom stereocenters. The Morgan fingerprint density at radius 1 is 1.11 bits per heavy atom. The minimum atomic E-state index is 0.0874. The Balaban J connectivity index is 1.66. The monoisotopic (exact) mass is 263 g/mol. The molecule has 2 N–H and O–H groups in total. The molecule has 104 valence electrons. The van der Waals surface area contributed by atoms with Crippen molar-refractivity contribution >= 4 is 5.69 Å². The highest BCUT2D eigenvalue weighted by atomic mass is 16.5. The van der Waals surface area contributed by atoms with Crippen molar-refractivity contribution in [2.24, 2.45) is 5.41 Å². The largest absolute Gasteiger partial charge is 0.490 e. The molecule has 2 aliphatic rings. The summed E-state index contributed by atoms with van der Waals surface area (Å²) in [6.45, 7) is 2.51. The molecule has 1 saturated carbocycles. The molecule has 1 heterocycles. The molecule has 1 aliphatic heterocycles. The van der Waals surface area contributed by atoms with Crippen molar-refractivity contribution in [1.82, 2.24) is 0 Å². The smallest absolute Gasteiger partial charge is 0.163 e. The normalized spacial score (nSPS) is 20.3. The Bertz CT molecular complexity index is 438. The molecule has 4 nitrogen and oxygen atoms in total. The van der Waals surface area contributed by atoms with Crippen LogP contribution in [-0.4, -0.2) is 31.5 Å². The SMILES string of the molecule is OCC1(CNc2ccc3c(c2)OCCCO3)CCC1. The van der Waals surface area contributed by atoms with Crippen LogP contribution in [0.3, 0.4) is 0 Å². The number of hydrogen-bond donors (Lipinski definition) is 2. The Morgan fingerprint density at radius 3 is 2.58 bits per heavy atom. The third-order valence-electron chi connectivity index (χ3n) is 4.16. The van der Waals surface area contributed by atoms with E-state index >= 15 is 0 Å². The predicted molar refractivity (Wildman–Crippen MR) is 73.9 cm³/mol. The third kappa shape index (κ3) is 2.63. The van der Waals surface area contributed by atoms with Gasteiger partial charge in [0.2, 0.25) is 0 Å². The van der Waals surface area contributed by atoms with Crippen molar-refractivity contribution < 1.29 is 14.6 Å². The van der Waals surface area contributed by atoms with E-state index in [1.165, 1.54) is 6.42 Å². The average Bonchev–Trinajstić information content (AvgIpc) is 2.62. The number of fused-ring (bicyclic) bond motifs is 1. The minimum Gasteiger partial charge on any atom is -0.490 e. The van der Waals surface area contributed by atoms with Crippen molar-refractivity contribution in [1.29, 1.82) is 0 Å². The van der Waals surface area contributed by atoms with E-state index in [-0.39, 0.29) is 12.0 Å². The number of hydrogen-bond acceptors (Lipinski definition) is 4. The van der Waals surface area contributed by atoms with Crippen molar-refractivity contribution in [3.05, 3.63) is 18.2 Å². The fourth-order valence-electron chi connectivity index (χ4n) is 2.63. The lowest BCUT2D eigenvalue weighted by Crippen LogP contribution is -2.39. The zero-order chi connectivity index (χ0) is 13.1. The maximum absolute atomic E-state index is 9.46. The van der Waals surface area contributed by atoms with Crippen LogP contribution in [0, 0.1) is 5.41 Å². The quantitative estimate of drug-likeness (QED) is 0.876. The molecule has 0 bridgehead atoms. The van der Waals surface area contributed by atoms with Gasteiger partial charge in [-0.1, -0.05) is 6.42 Å². The first-order chi connectivity index (χ1) is 9.31. The number of aliphatic hydroxyl groups excluding tert-OH is 1. The fraction of sp³-hybridized carbons (Fsp3) is 0.600. The molecule has 1 aromatic rings. The summed E-state index contributed by atoms with van der Waals surface area (Å²) in [6.07, 6.45) is 4.37.